The lowest BCUT2D eigenvalue weighted by Crippen LogP contribution is -2.15. The molecular weight excluding hydrogens is 318 g/mol. The smallest absolute Gasteiger partial charge is 0.342 e. The van der Waals surface area contributed by atoms with Crippen molar-refractivity contribution in [2.24, 2.45) is 0 Å². The van der Waals surface area contributed by atoms with Crippen molar-refractivity contribution in [2.75, 3.05) is 12.5 Å². The van der Waals surface area contributed by atoms with Crippen LogP contribution in [0, 0.1) is 10.1 Å². The van der Waals surface area contributed by atoms with Gasteiger partial charge in [0, 0.05) is 29.5 Å². The highest BCUT2D eigenvalue weighted by Crippen LogP contribution is 2.33. The van der Waals surface area contributed by atoms with Crippen LogP contribution in [0.5, 0.6) is 5.75 Å². The predicted molar refractivity (Wildman–Crippen MR) is 81.1 cm³/mol. The van der Waals surface area contributed by atoms with E-state index < -0.39 is 10.9 Å². The molecule has 9 heteroatoms. The zero-order chi connectivity index (χ0) is 17.1. The van der Waals surface area contributed by atoms with Crippen LogP contribution in [0.4, 0.5) is 11.5 Å². The Bertz CT molecular complexity index is 808. The third-order valence-corrected chi connectivity index (χ3v) is 3.40. The number of hydrogen-bond donors (Lipinski definition) is 1. The molecule has 0 spiro atoms. The Morgan fingerprint density at radius 2 is 2.29 bits per heavy atom. The summed E-state index contributed by atoms with van der Waals surface area (Å²) in [6.45, 7) is 0.0198. The summed E-state index contributed by atoms with van der Waals surface area (Å²) in [7, 11) is 0. The van der Waals surface area contributed by atoms with E-state index in [0.717, 1.165) is 0 Å². The number of carbonyl (C=O) groups is 1. The number of carbonyl (C=O) groups excluding carboxylic acids is 1. The third kappa shape index (κ3) is 3.10. The van der Waals surface area contributed by atoms with Crippen molar-refractivity contribution in [1.82, 2.24) is 4.98 Å². The van der Waals surface area contributed by atoms with Gasteiger partial charge in [-0.05, 0) is 12.1 Å². The minimum absolute atomic E-state index is 0.0291. The summed E-state index contributed by atoms with van der Waals surface area (Å²) < 4.78 is 15.7. The summed E-state index contributed by atoms with van der Waals surface area (Å²) in [5.74, 6) is -0.194. The summed E-state index contributed by atoms with van der Waals surface area (Å²) >= 11 is 0. The van der Waals surface area contributed by atoms with Crippen molar-refractivity contribution >= 4 is 17.5 Å². The maximum Gasteiger partial charge on any atom is 0.342 e. The Morgan fingerprint density at radius 1 is 1.46 bits per heavy atom. The van der Waals surface area contributed by atoms with Gasteiger partial charge in [0.25, 0.3) is 5.69 Å². The molecule has 0 saturated heterocycles. The number of non-ortho nitro benzene ring substituents is 1. The third-order valence-electron chi connectivity index (χ3n) is 3.40. The molecule has 24 heavy (non-hydrogen) atoms. The first-order chi connectivity index (χ1) is 11.6. The number of benzene rings is 1. The van der Waals surface area contributed by atoms with Crippen molar-refractivity contribution < 1.29 is 23.9 Å². The van der Waals surface area contributed by atoms with Crippen molar-refractivity contribution in [2.45, 2.75) is 13.2 Å². The minimum Gasteiger partial charge on any atom is -0.467 e. The second-order valence-corrected chi connectivity index (χ2v) is 4.97. The maximum absolute atomic E-state index is 12.1. The van der Waals surface area contributed by atoms with Gasteiger partial charge in [-0.3, -0.25) is 10.1 Å². The van der Waals surface area contributed by atoms with Gasteiger partial charge in [-0.2, -0.15) is 0 Å². The first kappa shape index (κ1) is 15.7. The Morgan fingerprint density at radius 3 is 3.04 bits per heavy atom. The van der Waals surface area contributed by atoms with Crippen LogP contribution in [0.2, 0.25) is 0 Å². The van der Waals surface area contributed by atoms with E-state index >= 15 is 0 Å². The van der Waals surface area contributed by atoms with Gasteiger partial charge in [0.15, 0.2) is 6.79 Å². The zero-order valence-electron chi connectivity index (χ0n) is 12.4. The van der Waals surface area contributed by atoms with Gasteiger partial charge in [-0.15, -0.1) is 0 Å². The largest absolute Gasteiger partial charge is 0.467 e. The number of aromatic nitrogens is 1. The predicted octanol–water partition coefficient (Wildman–Crippen LogP) is 1.80. The number of esters is 1. The summed E-state index contributed by atoms with van der Waals surface area (Å²) in [6, 6.07) is 5.73. The van der Waals surface area contributed by atoms with Crippen LogP contribution >= 0.6 is 0 Å². The average Bonchev–Trinajstić information content (AvgIpc) is 2.59. The molecule has 0 atom stereocenters. The van der Waals surface area contributed by atoms with Gasteiger partial charge in [-0.25, -0.2) is 9.78 Å². The second-order valence-electron chi connectivity index (χ2n) is 4.97. The molecule has 1 aliphatic heterocycles. The van der Waals surface area contributed by atoms with Crippen LogP contribution in [0.1, 0.15) is 21.5 Å². The number of pyridine rings is 1. The van der Waals surface area contributed by atoms with Crippen LogP contribution in [0.25, 0.3) is 0 Å². The summed E-state index contributed by atoms with van der Waals surface area (Å²) in [5, 5.41) is 11.0. The highest BCUT2D eigenvalue weighted by molar-refractivity contribution is 5.93. The van der Waals surface area contributed by atoms with E-state index in [1.807, 2.05) is 0 Å². The topological polar surface area (TPSA) is 127 Å². The van der Waals surface area contributed by atoms with Gasteiger partial charge in [0.1, 0.15) is 23.7 Å². The lowest BCUT2D eigenvalue weighted by molar-refractivity contribution is -0.385. The van der Waals surface area contributed by atoms with Crippen molar-refractivity contribution in [1.29, 1.82) is 0 Å². The maximum atomic E-state index is 12.1. The number of nitro benzene ring substituents is 1. The number of nitrogens with two attached hydrogens (primary N) is 1. The second kappa shape index (κ2) is 6.50. The van der Waals surface area contributed by atoms with Crippen molar-refractivity contribution in [3.05, 3.63) is 57.3 Å². The minimum atomic E-state index is -0.673. The average molecular weight is 331 g/mol. The molecule has 0 unspecified atom stereocenters. The first-order valence-electron chi connectivity index (χ1n) is 6.94. The molecule has 1 aromatic carbocycles. The fourth-order valence-corrected chi connectivity index (χ4v) is 2.30. The molecule has 2 aromatic rings. The zero-order valence-corrected chi connectivity index (χ0v) is 12.4. The summed E-state index contributed by atoms with van der Waals surface area (Å²) in [6.07, 6.45) is 1.46. The number of hydrogen-bond acceptors (Lipinski definition) is 8. The Labute approximate surface area is 136 Å². The molecule has 124 valence electrons. The van der Waals surface area contributed by atoms with E-state index in [1.54, 1.807) is 6.07 Å². The number of nitrogen functional groups attached to an aromatic ring is 1. The monoisotopic (exact) mass is 331 g/mol. The highest BCUT2D eigenvalue weighted by atomic mass is 16.7. The summed E-state index contributed by atoms with van der Waals surface area (Å²) in [4.78, 5) is 26.4. The molecule has 0 bridgehead atoms. The number of fused-ring (bicyclic) bond motifs is 1. The van der Waals surface area contributed by atoms with Crippen LogP contribution in [0.15, 0.2) is 30.5 Å². The first-order valence-corrected chi connectivity index (χ1v) is 6.94. The van der Waals surface area contributed by atoms with Gasteiger partial charge in [-0.1, -0.05) is 0 Å². The quantitative estimate of drug-likeness (QED) is 0.510. The van der Waals surface area contributed by atoms with Gasteiger partial charge in [0.2, 0.25) is 0 Å². The number of anilines is 1. The van der Waals surface area contributed by atoms with E-state index in [4.69, 9.17) is 19.9 Å². The van der Waals surface area contributed by atoms with Crippen LogP contribution in [0.3, 0.4) is 0 Å². The fraction of sp³-hybridized carbons (Fsp3) is 0.200. The summed E-state index contributed by atoms with van der Waals surface area (Å²) in [5.41, 5.74) is 6.54. The molecular formula is C15H13N3O6. The van der Waals surface area contributed by atoms with Crippen molar-refractivity contribution in [3.63, 3.8) is 0 Å². The van der Waals surface area contributed by atoms with E-state index in [2.05, 4.69) is 4.98 Å². The number of rotatable bonds is 4. The molecule has 9 nitrogen and oxygen atoms in total. The van der Waals surface area contributed by atoms with E-state index in [1.165, 1.54) is 24.4 Å². The van der Waals surface area contributed by atoms with E-state index in [9.17, 15) is 14.9 Å². The normalized spacial score (nSPS) is 12.8. The molecule has 0 aliphatic carbocycles. The fourth-order valence-electron chi connectivity index (χ4n) is 2.30. The molecule has 0 fully saturated rings. The highest BCUT2D eigenvalue weighted by Gasteiger charge is 2.22. The van der Waals surface area contributed by atoms with Crippen LogP contribution in [-0.4, -0.2) is 22.7 Å². The lowest BCUT2D eigenvalue weighted by atomic mass is 10.1. The van der Waals surface area contributed by atoms with E-state index in [-0.39, 0.29) is 37.1 Å². The molecule has 1 aliphatic rings. The Hall–Kier alpha value is -3.20. The number of ether oxygens (including phenoxy) is 3. The van der Waals surface area contributed by atoms with E-state index in [0.29, 0.717) is 16.9 Å². The number of nitro groups is 1. The molecule has 0 amide bonds. The lowest BCUT2D eigenvalue weighted by Gasteiger charge is -2.20. The van der Waals surface area contributed by atoms with Crippen LogP contribution in [-0.2, 0) is 22.7 Å². The molecule has 1 aromatic heterocycles. The van der Waals surface area contributed by atoms with Crippen LogP contribution < -0.4 is 10.5 Å². The molecule has 0 saturated carbocycles. The van der Waals surface area contributed by atoms with Gasteiger partial charge >= 0.3 is 5.97 Å². The van der Waals surface area contributed by atoms with Gasteiger partial charge < -0.3 is 19.9 Å². The Balaban J connectivity index is 1.84. The van der Waals surface area contributed by atoms with Gasteiger partial charge in [0.05, 0.1) is 11.5 Å². The standard InChI is InChI=1S/C15H13N3O6/c16-14-12(2-1-3-17-14)15(19)23-7-10-5-11(18(20)21)4-9-6-22-8-24-13(9)10/h1-5H,6-8H2,(H2,16,17). The molecule has 2 N–H and O–H groups in total. The van der Waals surface area contributed by atoms with Crippen molar-refractivity contribution in [3.8, 4) is 5.75 Å². The molecule has 3 rings (SSSR count). The molecule has 0 radical (unpaired) electrons. The Kier molecular flexibility index (Phi) is 4.25. The number of nitrogens with zero attached hydrogens (tertiary/aromatic N) is 2. The SMILES string of the molecule is Nc1ncccc1C(=O)OCc1cc([N+](=O)[O-])cc2c1OCOC2. The molecule has 2 heterocycles.